The number of likely N-dealkylation sites (tertiary alicyclic amines) is 1. The Morgan fingerprint density at radius 2 is 1.73 bits per heavy atom. The summed E-state index contributed by atoms with van der Waals surface area (Å²) in [6, 6.07) is 11.8. The Labute approximate surface area is 425 Å². The molecule has 5 aromatic rings. The molecule has 6 aliphatic rings. The molecule has 1 amide bonds. The number of anilines is 3. The van der Waals surface area contributed by atoms with E-state index in [0.717, 1.165) is 102 Å². The highest BCUT2D eigenvalue weighted by Crippen LogP contribution is 2.53. The van der Waals surface area contributed by atoms with E-state index in [-0.39, 0.29) is 51.6 Å². The molecular formula is C56H68F3N11O3. The number of aryl methyl sites for hydroxylation is 1. The van der Waals surface area contributed by atoms with Gasteiger partial charge in [-0.05, 0) is 143 Å². The third-order valence-electron chi connectivity index (χ3n) is 17.1. The van der Waals surface area contributed by atoms with Crippen molar-refractivity contribution in [2.45, 2.75) is 103 Å². The molecule has 2 spiro atoms. The van der Waals surface area contributed by atoms with Gasteiger partial charge < -0.3 is 40.5 Å². The van der Waals surface area contributed by atoms with Crippen molar-refractivity contribution in [1.29, 1.82) is 5.41 Å². The maximum atomic E-state index is 17.3. The minimum atomic E-state index is -0.673. The molecule has 4 aliphatic heterocycles. The molecule has 4 saturated heterocycles. The fraction of sp³-hybridized carbons (Fsp3) is 0.518. The number of carbonyl (C=O) groups is 1. The number of carbonyl (C=O) groups excluding carboxylic acids is 1. The molecule has 6 fully saturated rings. The Hall–Kier alpha value is -6.04. The standard InChI is InChI=1S/C56H68F3N11O3/c1-5-41-45(57)10-7-37-25-38(61)26-43(47(37)41)49-48(59)50-44(30-62-49)51(70-17-6-11-56(32-70)16-24-73-56)66-53(65-50)72-33-55(12-13-55)31-67-18-14-54(15-19-67)28-40(29-54)69-22-20-68(21-23-69)39-8-9-42(46(58)27-39)34(2)63-35(3)52(71)64-36(4)60/h7-10,25-27,30,35,40,63H,2,5-6,11-24,28-29,31-33,61H2,1,3-4H3,(H2,60,64,71)/t35?,56-/m0/s1. The average molecular weight is 1000 g/mol. The predicted molar refractivity (Wildman–Crippen MR) is 280 cm³/mol. The van der Waals surface area contributed by atoms with Crippen LogP contribution in [0.4, 0.5) is 30.4 Å². The number of nitrogens with two attached hydrogens (primary N) is 1. The van der Waals surface area contributed by atoms with E-state index in [0.29, 0.717) is 75.7 Å². The van der Waals surface area contributed by atoms with E-state index >= 15 is 13.2 Å². The van der Waals surface area contributed by atoms with Crippen LogP contribution in [0.5, 0.6) is 6.01 Å². The van der Waals surface area contributed by atoms with Crippen LogP contribution in [0.15, 0.2) is 55.2 Å². The number of ether oxygens (including phenoxy) is 2. The minimum Gasteiger partial charge on any atom is -0.463 e. The molecule has 3 aromatic carbocycles. The van der Waals surface area contributed by atoms with Crippen LogP contribution in [-0.4, -0.2) is 126 Å². The van der Waals surface area contributed by atoms with Crippen molar-refractivity contribution >= 4 is 56.3 Å². The number of benzene rings is 3. The first kappa shape index (κ1) is 49.2. The van der Waals surface area contributed by atoms with Gasteiger partial charge in [-0.2, -0.15) is 9.97 Å². The molecule has 0 bridgehead atoms. The predicted octanol–water partition coefficient (Wildman–Crippen LogP) is 8.45. The zero-order valence-corrected chi connectivity index (χ0v) is 42.4. The van der Waals surface area contributed by atoms with E-state index in [1.54, 1.807) is 43.5 Å². The van der Waals surface area contributed by atoms with Gasteiger partial charge >= 0.3 is 6.01 Å². The number of nitrogens with zero attached hydrogens (tertiary/aromatic N) is 7. The molecule has 0 radical (unpaired) electrons. The number of rotatable bonds is 14. The second kappa shape index (κ2) is 19.3. The average Bonchev–Trinajstić information content (AvgIpc) is 4.13. The number of nitrogen functional groups attached to an aromatic ring is 1. The summed E-state index contributed by atoms with van der Waals surface area (Å²) in [6.07, 6.45) is 11.8. The summed E-state index contributed by atoms with van der Waals surface area (Å²) in [5.74, 6) is -1.11. The van der Waals surface area contributed by atoms with Crippen molar-refractivity contribution in [3.8, 4) is 17.3 Å². The first-order valence-corrected chi connectivity index (χ1v) is 26.3. The third kappa shape index (κ3) is 9.68. The normalized spacial score (nSPS) is 22.3. The van der Waals surface area contributed by atoms with E-state index in [1.165, 1.54) is 38.7 Å². The Morgan fingerprint density at radius 3 is 2.41 bits per heavy atom. The number of aromatic nitrogens is 3. The van der Waals surface area contributed by atoms with Gasteiger partial charge in [0.15, 0.2) is 5.82 Å². The highest BCUT2D eigenvalue weighted by Gasteiger charge is 2.51. The van der Waals surface area contributed by atoms with Gasteiger partial charge in [0, 0.05) is 98.1 Å². The van der Waals surface area contributed by atoms with Crippen molar-refractivity contribution in [2.24, 2.45) is 10.8 Å². The van der Waals surface area contributed by atoms with Crippen molar-refractivity contribution in [1.82, 2.24) is 35.4 Å². The number of nitrogens with one attached hydrogen (secondary N) is 3. The van der Waals surface area contributed by atoms with Crippen LogP contribution in [0.1, 0.15) is 89.7 Å². The van der Waals surface area contributed by atoms with Crippen molar-refractivity contribution in [3.05, 3.63) is 83.8 Å². The Kier molecular flexibility index (Phi) is 13.0. The third-order valence-corrected chi connectivity index (χ3v) is 17.1. The number of piperidine rings is 2. The number of fused-ring (bicyclic) bond motifs is 2. The Balaban J connectivity index is 0.715. The lowest BCUT2D eigenvalue weighted by Crippen LogP contribution is -2.59. The number of hydrogen-bond acceptors (Lipinski definition) is 13. The van der Waals surface area contributed by atoms with Crippen LogP contribution < -0.4 is 30.9 Å². The van der Waals surface area contributed by atoms with Gasteiger partial charge in [0.25, 0.3) is 0 Å². The summed E-state index contributed by atoms with van der Waals surface area (Å²) in [5.41, 5.74) is 9.49. The van der Waals surface area contributed by atoms with Gasteiger partial charge in [-0.3, -0.25) is 20.1 Å². The smallest absolute Gasteiger partial charge is 0.319 e. The molecule has 2 aromatic heterocycles. The molecule has 386 valence electrons. The monoisotopic (exact) mass is 1000 g/mol. The molecule has 1 unspecified atom stereocenters. The minimum absolute atomic E-state index is 0.0194. The molecule has 2 atom stereocenters. The number of halogens is 3. The first-order valence-electron chi connectivity index (χ1n) is 26.3. The molecule has 2 saturated carbocycles. The quantitative estimate of drug-likeness (QED) is 0.0478. The molecular weight excluding hydrogens is 932 g/mol. The van der Waals surface area contributed by atoms with Gasteiger partial charge in [0.2, 0.25) is 5.91 Å². The number of hydrogen-bond donors (Lipinski definition) is 4. The zero-order valence-electron chi connectivity index (χ0n) is 42.4. The second-order valence-electron chi connectivity index (χ2n) is 22.1. The van der Waals surface area contributed by atoms with E-state index < -0.39 is 11.9 Å². The maximum Gasteiger partial charge on any atom is 0.319 e. The Morgan fingerprint density at radius 1 is 0.959 bits per heavy atom. The second-order valence-corrected chi connectivity index (χ2v) is 22.1. The van der Waals surface area contributed by atoms with Crippen molar-refractivity contribution in [2.75, 3.05) is 87.7 Å². The summed E-state index contributed by atoms with van der Waals surface area (Å²) >= 11 is 0. The van der Waals surface area contributed by atoms with Crippen LogP contribution >= 0.6 is 0 Å². The summed E-state index contributed by atoms with van der Waals surface area (Å²) in [7, 11) is 0. The zero-order chi connectivity index (χ0) is 50.8. The summed E-state index contributed by atoms with van der Waals surface area (Å²) < 4.78 is 60.6. The number of amidine groups is 1. The summed E-state index contributed by atoms with van der Waals surface area (Å²) in [4.78, 5) is 36.4. The number of piperazine rings is 1. The lowest BCUT2D eigenvalue weighted by Gasteiger charge is -2.56. The SMILES string of the molecule is C=C(NC(C)C(=O)NC(C)=N)c1ccc(N2CCN(C3CC4(CCN(CC5(COc6nc(N7CCC[C@]8(CCO8)C7)c7cnc(-c8cc(N)cc9ccc(F)c(CC)c89)c(F)c7n6)CC5)CC4)C3)CC2)cc1F. The molecule has 11 rings (SSSR count). The van der Waals surface area contributed by atoms with Gasteiger partial charge in [-0.15, -0.1) is 0 Å². The molecule has 2 aliphatic carbocycles. The van der Waals surface area contributed by atoms with Crippen LogP contribution in [0.25, 0.3) is 38.6 Å². The summed E-state index contributed by atoms with van der Waals surface area (Å²) in [6.45, 7) is 18.1. The molecule has 14 nitrogen and oxygen atoms in total. The largest absolute Gasteiger partial charge is 0.463 e. The molecule has 17 heteroatoms. The lowest BCUT2D eigenvalue weighted by molar-refractivity contribution is -0.151. The Bertz CT molecular complexity index is 2970. The fourth-order valence-corrected chi connectivity index (χ4v) is 12.6. The van der Waals surface area contributed by atoms with Gasteiger partial charge in [0.05, 0.1) is 30.0 Å². The highest BCUT2D eigenvalue weighted by molar-refractivity contribution is 6.03. The van der Waals surface area contributed by atoms with Crippen LogP contribution in [-0.2, 0) is 16.0 Å². The van der Waals surface area contributed by atoms with Crippen LogP contribution in [0.3, 0.4) is 0 Å². The maximum absolute atomic E-state index is 17.3. The summed E-state index contributed by atoms with van der Waals surface area (Å²) in [5, 5.41) is 14.7. The lowest BCUT2D eigenvalue weighted by atomic mass is 9.60. The van der Waals surface area contributed by atoms with Crippen LogP contribution in [0, 0.1) is 33.7 Å². The van der Waals surface area contributed by atoms with E-state index in [2.05, 4.69) is 36.8 Å². The van der Waals surface area contributed by atoms with Gasteiger partial charge in [-0.25, -0.2) is 13.2 Å². The fourth-order valence-electron chi connectivity index (χ4n) is 12.6. The van der Waals surface area contributed by atoms with Crippen molar-refractivity contribution in [3.63, 3.8) is 0 Å². The molecule has 73 heavy (non-hydrogen) atoms. The van der Waals surface area contributed by atoms with E-state index in [4.69, 9.17) is 35.6 Å². The van der Waals surface area contributed by atoms with E-state index in [1.807, 2.05) is 13.0 Å². The van der Waals surface area contributed by atoms with E-state index in [9.17, 15) is 4.79 Å². The van der Waals surface area contributed by atoms with Crippen molar-refractivity contribution < 1.29 is 27.4 Å². The topological polar surface area (TPSA) is 161 Å². The highest BCUT2D eigenvalue weighted by atomic mass is 19.1. The first-order chi connectivity index (χ1) is 35.1. The number of amides is 1. The molecule has 5 N–H and O–H groups in total. The number of pyridine rings is 1. The van der Waals surface area contributed by atoms with Gasteiger partial charge in [0.1, 0.15) is 34.7 Å². The van der Waals surface area contributed by atoms with Crippen LogP contribution in [0.2, 0.25) is 0 Å². The van der Waals surface area contributed by atoms with Gasteiger partial charge in [-0.1, -0.05) is 19.6 Å². The molecule has 6 heterocycles.